The van der Waals surface area contributed by atoms with Crippen molar-refractivity contribution < 1.29 is 19.1 Å². The largest absolute Gasteiger partial charge is 0.467 e. The fraction of sp³-hybridized carbons (Fsp3) is 0.750. The van der Waals surface area contributed by atoms with Crippen LogP contribution >= 0.6 is 11.6 Å². The molecule has 1 unspecified atom stereocenters. The van der Waals surface area contributed by atoms with Crippen molar-refractivity contribution in [2.75, 3.05) is 32.7 Å². The number of carbonyl (C=O) groups excluding carboxylic acids is 2. The van der Waals surface area contributed by atoms with Crippen molar-refractivity contribution in [2.45, 2.75) is 6.10 Å². The molecule has 0 radical (unpaired) electrons. The van der Waals surface area contributed by atoms with E-state index in [9.17, 15) is 9.59 Å². The fourth-order valence-electron chi connectivity index (χ4n) is 1.23. The number of methoxy groups -OCH3 is 1. The Bertz CT molecular complexity index is 211. The summed E-state index contributed by atoms with van der Waals surface area (Å²) in [4.78, 5) is 23.8. The van der Waals surface area contributed by atoms with Gasteiger partial charge < -0.3 is 14.4 Å². The zero-order valence-electron chi connectivity index (χ0n) is 7.86. The molecule has 0 aliphatic carbocycles. The summed E-state index contributed by atoms with van der Waals surface area (Å²) in [5.41, 5.74) is 0. The maximum atomic E-state index is 11.2. The molecule has 0 aromatic heterocycles. The van der Waals surface area contributed by atoms with E-state index in [1.165, 1.54) is 12.0 Å². The zero-order chi connectivity index (χ0) is 10.6. The number of alkyl halides is 1. The molecule has 0 bridgehead atoms. The van der Waals surface area contributed by atoms with Crippen LogP contribution in [0.2, 0.25) is 0 Å². The molecular weight excluding hydrogens is 210 g/mol. The highest BCUT2D eigenvalue weighted by atomic mass is 35.5. The molecule has 0 aromatic rings. The Balaban J connectivity index is 2.51. The average Bonchev–Trinajstić information content (AvgIpc) is 2.27. The van der Waals surface area contributed by atoms with Crippen molar-refractivity contribution >= 4 is 23.5 Å². The smallest absolute Gasteiger partial charge is 0.336 e. The highest BCUT2D eigenvalue weighted by Crippen LogP contribution is 2.07. The van der Waals surface area contributed by atoms with Crippen LogP contribution < -0.4 is 0 Å². The Morgan fingerprint density at radius 2 is 2.36 bits per heavy atom. The van der Waals surface area contributed by atoms with Crippen molar-refractivity contribution in [1.29, 1.82) is 0 Å². The number of hydrogen-bond acceptors (Lipinski definition) is 4. The van der Waals surface area contributed by atoms with Crippen LogP contribution in [0.4, 0.5) is 0 Å². The van der Waals surface area contributed by atoms with Crippen LogP contribution in [0, 0.1) is 0 Å². The predicted molar refractivity (Wildman–Crippen MR) is 49.1 cm³/mol. The van der Waals surface area contributed by atoms with E-state index in [1.807, 2.05) is 0 Å². The van der Waals surface area contributed by atoms with Crippen LogP contribution in [0.15, 0.2) is 0 Å². The molecule has 5 nitrogen and oxygen atoms in total. The molecule has 1 heterocycles. The van der Waals surface area contributed by atoms with Crippen LogP contribution in [0.5, 0.6) is 0 Å². The van der Waals surface area contributed by atoms with Gasteiger partial charge in [-0.25, -0.2) is 4.79 Å². The second kappa shape index (κ2) is 5.17. The van der Waals surface area contributed by atoms with E-state index in [0.29, 0.717) is 13.2 Å². The lowest BCUT2D eigenvalue weighted by molar-refractivity contribution is -0.162. The zero-order valence-corrected chi connectivity index (χ0v) is 8.62. The maximum Gasteiger partial charge on any atom is 0.336 e. The molecule has 1 aliphatic rings. The number of esters is 1. The molecule has 1 saturated heterocycles. The molecule has 1 amide bonds. The van der Waals surface area contributed by atoms with Crippen LogP contribution in [0.3, 0.4) is 0 Å². The normalized spacial score (nSPS) is 21.9. The number of carbonyl (C=O) groups is 2. The van der Waals surface area contributed by atoms with Gasteiger partial charge >= 0.3 is 5.97 Å². The van der Waals surface area contributed by atoms with Gasteiger partial charge in [0.05, 0.1) is 20.3 Å². The molecule has 1 rings (SSSR count). The summed E-state index contributed by atoms with van der Waals surface area (Å²) in [5, 5.41) is 0. The highest BCUT2D eigenvalue weighted by Gasteiger charge is 2.29. The van der Waals surface area contributed by atoms with Crippen molar-refractivity contribution in [3.8, 4) is 0 Å². The van der Waals surface area contributed by atoms with Crippen molar-refractivity contribution in [3.63, 3.8) is 0 Å². The Morgan fingerprint density at radius 3 is 2.93 bits per heavy atom. The fourth-order valence-corrected chi connectivity index (χ4v) is 1.40. The SMILES string of the molecule is COC(=O)C1CN(C(=O)CCl)CCO1. The first-order chi connectivity index (χ1) is 6.69. The average molecular weight is 222 g/mol. The third kappa shape index (κ3) is 2.59. The van der Waals surface area contributed by atoms with Crippen LogP contribution in [-0.2, 0) is 19.1 Å². The van der Waals surface area contributed by atoms with E-state index in [1.54, 1.807) is 0 Å². The number of hydrogen-bond donors (Lipinski definition) is 0. The lowest BCUT2D eigenvalue weighted by Crippen LogP contribution is -2.49. The Hall–Kier alpha value is -0.810. The summed E-state index contributed by atoms with van der Waals surface area (Å²) in [6, 6.07) is 0. The number of ether oxygens (including phenoxy) is 2. The molecule has 0 N–H and O–H groups in total. The molecule has 80 valence electrons. The lowest BCUT2D eigenvalue weighted by Gasteiger charge is -2.30. The first-order valence-electron chi connectivity index (χ1n) is 4.22. The van der Waals surface area contributed by atoms with Crippen molar-refractivity contribution in [3.05, 3.63) is 0 Å². The predicted octanol–water partition coefficient (Wildman–Crippen LogP) is -0.374. The second-order valence-electron chi connectivity index (χ2n) is 2.86. The van der Waals surface area contributed by atoms with Gasteiger partial charge in [0.1, 0.15) is 5.88 Å². The third-order valence-corrected chi connectivity index (χ3v) is 2.23. The molecule has 1 aliphatic heterocycles. The van der Waals surface area contributed by atoms with E-state index in [0.717, 1.165) is 0 Å². The van der Waals surface area contributed by atoms with Gasteiger partial charge in [-0.15, -0.1) is 11.6 Å². The van der Waals surface area contributed by atoms with Gasteiger partial charge in [0.2, 0.25) is 5.91 Å². The minimum absolute atomic E-state index is 0.0755. The van der Waals surface area contributed by atoms with E-state index in [2.05, 4.69) is 4.74 Å². The van der Waals surface area contributed by atoms with E-state index >= 15 is 0 Å². The molecular formula is C8H12ClNO4. The van der Waals surface area contributed by atoms with E-state index < -0.39 is 12.1 Å². The monoisotopic (exact) mass is 221 g/mol. The van der Waals surface area contributed by atoms with Gasteiger partial charge in [0, 0.05) is 6.54 Å². The van der Waals surface area contributed by atoms with E-state index in [4.69, 9.17) is 16.3 Å². The Kier molecular flexibility index (Phi) is 4.16. The lowest BCUT2D eigenvalue weighted by atomic mass is 10.2. The molecule has 14 heavy (non-hydrogen) atoms. The summed E-state index contributed by atoms with van der Waals surface area (Å²) in [6.07, 6.45) is -0.680. The van der Waals surface area contributed by atoms with Crippen molar-refractivity contribution in [2.24, 2.45) is 0 Å². The summed E-state index contributed by atoms with van der Waals surface area (Å²) in [5.74, 6) is -0.727. The summed E-state index contributed by atoms with van der Waals surface area (Å²) >= 11 is 5.40. The summed E-state index contributed by atoms with van der Waals surface area (Å²) in [6.45, 7) is 1.03. The topological polar surface area (TPSA) is 55.8 Å². The summed E-state index contributed by atoms with van der Waals surface area (Å²) in [7, 11) is 1.29. The first-order valence-corrected chi connectivity index (χ1v) is 4.75. The Labute approximate surface area is 86.9 Å². The van der Waals surface area contributed by atoms with Crippen molar-refractivity contribution in [1.82, 2.24) is 4.90 Å². The van der Waals surface area contributed by atoms with Crippen LogP contribution in [0.1, 0.15) is 0 Å². The third-order valence-electron chi connectivity index (χ3n) is 2.00. The minimum Gasteiger partial charge on any atom is -0.467 e. The van der Waals surface area contributed by atoms with Gasteiger partial charge in [-0.2, -0.15) is 0 Å². The Morgan fingerprint density at radius 1 is 1.64 bits per heavy atom. The molecule has 0 spiro atoms. The van der Waals surface area contributed by atoms with E-state index in [-0.39, 0.29) is 18.3 Å². The molecule has 0 saturated carbocycles. The molecule has 6 heteroatoms. The standard InChI is InChI=1S/C8H12ClNO4/c1-13-8(12)6-5-10(2-3-14-6)7(11)4-9/h6H,2-5H2,1H3. The molecule has 0 aromatic carbocycles. The molecule has 1 atom stereocenters. The summed E-state index contributed by atoms with van der Waals surface area (Å²) < 4.78 is 9.66. The second-order valence-corrected chi connectivity index (χ2v) is 3.12. The van der Waals surface area contributed by atoms with Gasteiger partial charge in [0.25, 0.3) is 0 Å². The maximum absolute atomic E-state index is 11.2. The van der Waals surface area contributed by atoms with Gasteiger partial charge in [-0.05, 0) is 0 Å². The minimum atomic E-state index is -0.680. The van der Waals surface area contributed by atoms with Gasteiger partial charge in [-0.1, -0.05) is 0 Å². The first kappa shape index (κ1) is 11.3. The van der Waals surface area contributed by atoms with Crippen LogP contribution in [-0.4, -0.2) is 55.6 Å². The number of morpholine rings is 1. The number of halogens is 1. The molecule has 1 fully saturated rings. The van der Waals surface area contributed by atoms with Gasteiger partial charge in [0.15, 0.2) is 6.10 Å². The number of amides is 1. The van der Waals surface area contributed by atoms with Crippen LogP contribution in [0.25, 0.3) is 0 Å². The quantitative estimate of drug-likeness (QED) is 0.472. The highest BCUT2D eigenvalue weighted by molar-refractivity contribution is 6.27. The number of nitrogens with zero attached hydrogens (tertiary/aromatic N) is 1. The number of rotatable bonds is 2. The van der Waals surface area contributed by atoms with Gasteiger partial charge in [-0.3, -0.25) is 4.79 Å².